The third-order valence-corrected chi connectivity index (χ3v) is 5.70. The molecule has 0 aliphatic heterocycles. The highest BCUT2D eigenvalue weighted by Crippen LogP contribution is 2.23. The first-order valence-electron chi connectivity index (χ1n) is 7.60. The molecule has 0 amide bonds. The second-order valence-corrected chi connectivity index (χ2v) is 8.45. The van der Waals surface area contributed by atoms with Crippen molar-refractivity contribution in [1.82, 2.24) is 9.62 Å². The molecule has 0 aromatic heterocycles. The quantitative estimate of drug-likeness (QED) is 0.842. The maximum atomic E-state index is 12.7. The third-order valence-electron chi connectivity index (χ3n) is 3.74. The number of hydrogen-bond acceptors (Lipinski definition) is 3. The minimum Gasteiger partial charge on any atom is -0.310 e. The fraction of sp³-hybridized carbons (Fsp3) is 0.625. The van der Waals surface area contributed by atoms with E-state index in [-0.39, 0.29) is 0 Å². The molecule has 1 aliphatic rings. The summed E-state index contributed by atoms with van der Waals surface area (Å²) in [6.07, 6.45) is 2.46. The summed E-state index contributed by atoms with van der Waals surface area (Å²) in [4.78, 5) is 0.431. The van der Waals surface area contributed by atoms with Crippen molar-refractivity contribution >= 4 is 10.0 Å². The number of benzene rings is 1. The van der Waals surface area contributed by atoms with Crippen LogP contribution in [-0.4, -0.2) is 32.4 Å². The lowest BCUT2D eigenvalue weighted by Crippen LogP contribution is -2.31. The smallest absolute Gasteiger partial charge is 0.243 e. The van der Waals surface area contributed by atoms with E-state index < -0.39 is 10.0 Å². The highest BCUT2D eigenvalue weighted by molar-refractivity contribution is 7.89. The van der Waals surface area contributed by atoms with Gasteiger partial charge in [-0.25, -0.2) is 12.7 Å². The molecule has 0 spiro atoms. The molecular weight excluding hydrogens is 284 g/mol. The maximum absolute atomic E-state index is 12.7. The molecule has 5 heteroatoms. The molecule has 0 radical (unpaired) electrons. The number of nitrogens with one attached hydrogen (secondary N) is 1. The van der Waals surface area contributed by atoms with Crippen molar-refractivity contribution < 1.29 is 8.42 Å². The van der Waals surface area contributed by atoms with Crippen LogP contribution in [0.15, 0.2) is 23.1 Å². The second kappa shape index (κ2) is 6.46. The average Bonchev–Trinajstić information content (AvgIpc) is 3.20. The SMILES string of the molecule is Cc1ccc(CNC2CC2)cc1S(=O)(=O)N(C)CC(C)C. The Bertz CT molecular complexity index is 592. The molecule has 1 N–H and O–H groups in total. The van der Waals surface area contributed by atoms with Crippen molar-refractivity contribution in [2.75, 3.05) is 13.6 Å². The van der Waals surface area contributed by atoms with Crippen LogP contribution in [-0.2, 0) is 16.6 Å². The monoisotopic (exact) mass is 310 g/mol. The van der Waals surface area contributed by atoms with Crippen molar-refractivity contribution in [2.24, 2.45) is 5.92 Å². The van der Waals surface area contributed by atoms with Crippen LogP contribution in [0.1, 0.15) is 37.8 Å². The second-order valence-electron chi connectivity index (χ2n) is 6.43. The van der Waals surface area contributed by atoms with Gasteiger partial charge in [-0.3, -0.25) is 0 Å². The highest BCUT2D eigenvalue weighted by atomic mass is 32.2. The highest BCUT2D eigenvalue weighted by Gasteiger charge is 2.24. The van der Waals surface area contributed by atoms with Gasteiger partial charge in [-0.2, -0.15) is 0 Å². The van der Waals surface area contributed by atoms with Gasteiger partial charge in [-0.15, -0.1) is 0 Å². The van der Waals surface area contributed by atoms with E-state index in [4.69, 9.17) is 0 Å². The van der Waals surface area contributed by atoms with Crippen molar-refractivity contribution in [3.8, 4) is 0 Å². The summed E-state index contributed by atoms with van der Waals surface area (Å²) < 4.78 is 26.8. The van der Waals surface area contributed by atoms with Gasteiger partial charge in [-0.1, -0.05) is 26.0 Å². The van der Waals surface area contributed by atoms with Gasteiger partial charge in [0.15, 0.2) is 0 Å². The van der Waals surface area contributed by atoms with Crippen LogP contribution >= 0.6 is 0 Å². The normalized spacial score (nSPS) is 15.9. The molecule has 21 heavy (non-hydrogen) atoms. The molecule has 2 rings (SSSR count). The molecular formula is C16H26N2O2S. The zero-order chi connectivity index (χ0) is 15.6. The van der Waals surface area contributed by atoms with Crippen LogP contribution in [0.2, 0.25) is 0 Å². The minimum atomic E-state index is -3.40. The fourth-order valence-electron chi connectivity index (χ4n) is 2.36. The third kappa shape index (κ3) is 4.28. The Morgan fingerprint density at radius 1 is 1.33 bits per heavy atom. The first-order chi connectivity index (χ1) is 9.80. The molecule has 118 valence electrons. The first-order valence-corrected chi connectivity index (χ1v) is 9.04. The van der Waals surface area contributed by atoms with Crippen LogP contribution in [0.25, 0.3) is 0 Å². The zero-order valence-electron chi connectivity index (χ0n) is 13.4. The Morgan fingerprint density at radius 2 is 2.00 bits per heavy atom. The van der Waals surface area contributed by atoms with Crippen LogP contribution in [0.3, 0.4) is 0 Å². The van der Waals surface area contributed by atoms with E-state index in [1.807, 2.05) is 39.0 Å². The zero-order valence-corrected chi connectivity index (χ0v) is 14.2. The molecule has 1 aromatic rings. The largest absolute Gasteiger partial charge is 0.310 e. The molecule has 0 saturated heterocycles. The molecule has 0 atom stereocenters. The van der Waals surface area contributed by atoms with E-state index in [1.54, 1.807) is 7.05 Å². The van der Waals surface area contributed by atoms with Gasteiger partial charge in [0.05, 0.1) is 4.90 Å². The van der Waals surface area contributed by atoms with Crippen molar-refractivity contribution in [1.29, 1.82) is 0 Å². The Kier molecular flexibility index (Phi) is 5.07. The lowest BCUT2D eigenvalue weighted by Gasteiger charge is -2.21. The summed E-state index contributed by atoms with van der Waals surface area (Å²) in [6.45, 7) is 7.17. The van der Waals surface area contributed by atoms with Gasteiger partial charge in [0.2, 0.25) is 10.0 Å². The van der Waals surface area contributed by atoms with Gasteiger partial charge in [-0.05, 0) is 42.9 Å². The Balaban J connectivity index is 2.21. The summed E-state index contributed by atoms with van der Waals surface area (Å²) in [5.41, 5.74) is 1.84. The molecule has 1 fully saturated rings. The number of sulfonamides is 1. The lowest BCUT2D eigenvalue weighted by molar-refractivity contribution is 0.417. The molecule has 1 saturated carbocycles. The van der Waals surface area contributed by atoms with Crippen molar-refractivity contribution in [2.45, 2.75) is 51.1 Å². The molecule has 0 unspecified atom stereocenters. The number of nitrogens with zero attached hydrogens (tertiary/aromatic N) is 1. The summed E-state index contributed by atoms with van der Waals surface area (Å²) in [6, 6.07) is 6.35. The molecule has 0 bridgehead atoms. The molecule has 1 aliphatic carbocycles. The molecule has 1 aromatic carbocycles. The fourth-order valence-corrected chi connectivity index (χ4v) is 3.97. The van der Waals surface area contributed by atoms with Gasteiger partial charge < -0.3 is 5.32 Å². The number of aryl methyl sites for hydroxylation is 1. The van der Waals surface area contributed by atoms with Gasteiger partial charge in [0.25, 0.3) is 0 Å². The topological polar surface area (TPSA) is 49.4 Å². The maximum Gasteiger partial charge on any atom is 0.243 e. The average molecular weight is 310 g/mol. The number of hydrogen-bond donors (Lipinski definition) is 1. The summed E-state index contributed by atoms with van der Waals surface area (Å²) in [5.74, 6) is 0.310. The van der Waals surface area contributed by atoms with Crippen LogP contribution in [0.4, 0.5) is 0 Å². The predicted molar refractivity (Wildman–Crippen MR) is 85.7 cm³/mol. The van der Waals surface area contributed by atoms with E-state index in [0.717, 1.165) is 17.7 Å². The molecule has 4 nitrogen and oxygen atoms in total. The van der Waals surface area contributed by atoms with Gasteiger partial charge in [0, 0.05) is 26.2 Å². The van der Waals surface area contributed by atoms with E-state index in [2.05, 4.69) is 5.32 Å². The summed E-state index contributed by atoms with van der Waals surface area (Å²) in [5, 5.41) is 3.42. The van der Waals surface area contributed by atoms with E-state index in [9.17, 15) is 8.42 Å². The first kappa shape index (κ1) is 16.5. The van der Waals surface area contributed by atoms with Crippen molar-refractivity contribution in [3.05, 3.63) is 29.3 Å². The molecule has 0 heterocycles. The van der Waals surface area contributed by atoms with Crippen LogP contribution < -0.4 is 5.32 Å². The minimum absolute atomic E-state index is 0.310. The van der Waals surface area contributed by atoms with Gasteiger partial charge in [0.1, 0.15) is 0 Å². The Hall–Kier alpha value is -0.910. The van der Waals surface area contributed by atoms with E-state index >= 15 is 0 Å². The summed E-state index contributed by atoms with van der Waals surface area (Å²) >= 11 is 0. The Labute approximate surface area is 128 Å². The van der Waals surface area contributed by atoms with E-state index in [1.165, 1.54) is 17.1 Å². The van der Waals surface area contributed by atoms with Crippen molar-refractivity contribution in [3.63, 3.8) is 0 Å². The summed E-state index contributed by atoms with van der Waals surface area (Å²) in [7, 11) is -1.75. The van der Waals surface area contributed by atoms with Gasteiger partial charge >= 0.3 is 0 Å². The lowest BCUT2D eigenvalue weighted by atomic mass is 10.1. The Morgan fingerprint density at radius 3 is 2.57 bits per heavy atom. The van der Waals surface area contributed by atoms with Crippen LogP contribution in [0, 0.1) is 12.8 Å². The number of rotatable bonds is 7. The van der Waals surface area contributed by atoms with Crippen LogP contribution in [0.5, 0.6) is 0 Å². The predicted octanol–water partition coefficient (Wildman–Crippen LogP) is 2.52. The standard InChI is InChI=1S/C16H26N2O2S/c1-12(2)11-18(4)21(19,20)16-9-14(6-5-13(16)3)10-17-15-7-8-15/h5-6,9,12,15,17H,7-8,10-11H2,1-4H3. The van der Waals surface area contributed by atoms with E-state index in [0.29, 0.717) is 23.4 Å².